The molecule has 8 N–H and O–H groups in total. The Hall–Kier alpha value is -1.27. The van der Waals surface area contributed by atoms with Crippen LogP contribution in [0.2, 0.25) is 0 Å². The molecular weight excluding hydrogens is 905 g/mol. The van der Waals surface area contributed by atoms with Crippen molar-refractivity contribution in [3.8, 4) is 0 Å². The third-order valence-corrected chi connectivity index (χ3v) is 16.5. The van der Waals surface area contributed by atoms with E-state index < -0.39 is 0 Å². The number of hydrogen-bond acceptors (Lipinski definition) is 12. The van der Waals surface area contributed by atoms with E-state index in [1.807, 2.05) is 0 Å². The number of unbranched alkanes of at least 4 members (excludes halogenated alkanes) is 5. The highest BCUT2D eigenvalue weighted by Crippen LogP contribution is 2.63. The van der Waals surface area contributed by atoms with Crippen LogP contribution in [0, 0.1) is 40.9 Å². The van der Waals surface area contributed by atoms with Gasteiger partial charge in [-0.25, -0.2) is 4.79 Å². The fraction of sp³-hybridized carbons (Fsp3) is 0.964. The number of amides is 3. The summed E-state index contributed by atoms with van der Waals surface area (Å²) < 4.78 is 37.4. The standard InChI is InChI=1S/C55H108N6O8S/c1-5-7-8-9-10-11-29-61(54(63)60-28-35-65-37-39-66-38-36-64-34-27-59-52(62)21-14-40-70)30-13-18-44(3)48-22-23-49-53(46(6-2)43-51(55(48,49)4)69-33-17-26-58)50(68-32-16-25-57)42-45-19-12-20-47(41-45)67-31-15-24-56/h44-51,53,70H,5-43,56-58H2,1-4H3,(H,59,62)(H,60,63)/t44?,45?,46-,47+,48?,49-,50+,51-,53?,55+/m0/s1. The molecule has 70 heavy (non-hydrogen) atoms. The lowest BCUT2D eigenvalue weighted by Crippen LogP contribution is -2.56. The molecule has 3 saturated carbocycles. The average Bonchev–Trinajstić information content (AvgIpc) is 3.72. The van der Waals surface area contributed by atoms with Crippen LogP contribution in [0.25, 0.3) is 0 Å². The number of hydrogen-bond donors (Lipinski definition) is 6. The molecule has 0 bridgehead atoms. The van der Waals surface area contributed by atoms with Crippen molar-refractivity contribution in [1.82, 2.24) is 15.5 Å². The zero-order valence-electron chi connectivity index (χ0n) is 45.2. The van der Waals surface area contributed by atoms with Crippen LogP contribution in [0.15, 0.2) is 0 Å². The van der Waals surface area contributed by atoms with Crippen molar-refractivity contribution in [3.05, 3.63) is 0 Å². The van der Waals surface area contributed by atoms with Crippen molar-refractivity contribution in [1.29, 1.82) is 0 Å². The highest BCUT2D eigenvalue weighted by Gasteiger charge is 2.61. The van der Waals surface area contributed by atoms with Crippen LogP contribution in [0.4, 0.5) is 4.79 Å². The monoisotopic (exact) mass is 1010 g/mol. The summed E-state index contributed by atoms with van der Waals surface area (Å²) in [6.45, 7) is 19.1. The van der Waals surface area contributed by atoms with Crippen molar-refractivity contribution in [2.24, 2.45) is 58.1 Å². The Labute approximate surface area is 432 Å². The molecular formula is C55H108N6O8S. The molecule has 0 aliphatic heterocycles. The summed E-state index contributed by atoms with van der Waals surface area (Å²) in [6, 6.07) is 0.00480. The Morgan fingerprint density at radius 1 is 0.714 bits per heavy atom. The lowest BCUT2D eigenvalue weighted by Gasteiger charge is -2.56. The minimum absolute atomic E-state index is 0.00480. The summed E-state index contributed by atoms with van der Waals surface area (Å²) in [5, 5.41) is 6.00. The molecule has 10 atom stereocenters. The lowest BCUT2D eigenvalue weighted by molar-refractivity contribution is -0.170. The topological polar surface area (TPSA) is 195 Å². The number of ether oxygens (including phenoxy) is 6. The van der Waals surface area contributed by atoms with Crippen LogP contribution < -0.4 is 27.8 Å². The minimum Gasteiger partial charge on any atom is -0.378 e. The van der Waals surface area contributed by atoms with Crippen LogP contribution >= 0.6 is 12.6 Å². The Balaban J connectivity index is 1.60. The van der Waals surface area contributed by atoms with E-state index in [1.54, 1.807) is 0 Å². The Morgan fingerprint density at radius 3 is 2.04 bits per heavy atom. The Morgan fingerprint density at radius 2 is 1.36 bits per heavy atom. The molecule has 3 rings (SSSR count). The molecule has 0 aromatic carbocycles. The summed E-state index contributed by atoms with van der Waals surface area (Å²) >= 11 is 4.14. The van der Waals surface area contributed by atoms with Crippen LogP contribution in [0.5, 0.6) is 0 Å². The van der Waals surface area contributed by atoms with Gasteiger partial charge in [0.05, 0.1) is 58.0 Å². The first-order valence-corrected chi connectivity index (χ1v) is 29.4. The SMILES string of the molecule is CCCCCCCCN(CCCC(C)C1CC[C@H]2C([C@@H](CC3CCC[C@@H](OCCCN)C3)OCCCN)[C@@H](CC)C[C@H](OCCCN)[C@]12C)C(=O)NCCOCCOCCOCCNC(=O)CCCS. The molecule has 3 aliphatic carbocycles. The normalized spacial score (nSPS) is 25.4. The quantitative estimate of drug-likeness (QED) is 0.0253. The maximum absolute atomic E-state index is 13.7. The van der Waals surface area contributed by atoms with E-state index in [9.17, 15) is 9.59 Å². The number of fused-ring (bicyclic) bond motifs is 1. The molecule has 0 aromatic heterocycles. The second-order valence-electron chi connectivity index (χ2n) is 21.2. The van der Waals surface area contributed by atoms with Crippen LogP contribution in [-0.4, -0.2) is 146 Å². The van der Waals surface area contributed by atoms with Crippen molar-refractivity contribution in [2.75, 3.05) is 111 Å². The highest BCUT2D eigenvalue weighted by atomic mass is 32.1. The minimum atomic E-state index is 0.00480. The predicted molar refractivity (Wildman–Crippen MR) is 288 cm³/mol. The van der Waals surface area contributed by atoms with Gasteiger partial charge in [0.25, 0.3) is 0 Å². The van der Waals surface area contributed by atoms with Gasteiger partial charge in [0, 0.05) is 57.8 Å². The number of carbonyl (C=O) groups excluding carboxylic acids is 2. The maximum Gasteiger partial charge on any atom is 0.317 e. The number of thiol groups is 1. The van der Waals surface area contributed by atoms with E-state index in [2.05, 4.69) is 55.9 Å². The third-order valence-electron chi connectivity index (χ3n) is 16.2. The number of nitrogens with zero attached hydrogens (tertiary/aromatic N) is 1. The molecule has 0 radical (unpaired) electrons. The molecule has 3 fully saturated rings. The molecule has 3 amide bonds. The molecule has 4 unspecified atom stereocenters. The van der Waals surface area contributed by atoms with E-state index in [1.165, 1.54) is 51.4 Å². The van der Waals surface area contributed by atoms with Crippen LogP contribution in [0.1, 0.15) is 169 Å². The number of urea groups is 1. The Bertz CT molecular complexity index is 1310. The molecule has 15 heteroatoms. The lowest BCUT2D eigenvalue weighted by atomic mass is 9.53. The van der Waals surface area contributed by atoms with Crippen LogP contribution in [-0.2, 0) is 33.2 Å². The first-order chi connectivity index (χ1) is 34.2. The van der Waals surface area contributed by atoms with Gasteiger partial charge in [-0.3, -0.25) is 4.79 Å². The Kier molecular flexibility index (Phi) is 35.3. The van der Waals surface area contributed by atoms with Gasteiger partial charge in [0.1, 0.15) is 0 Å². The molecule has 0 saturated heterocycles. The van der Waals surface area contributed by atoms with Gasteiger partial charge in [-0.2, -0.15) is 12.6 Å². The predicted octanol–water partition coefficient (Wildman–Crippen LogP) is 8.51. The third kappa shape index (κ3) is 23.5. The van der Waals surface area contributed by atoms with E-state index in [4.69, 9.17) is 45.6 Å². The van der Waals surface area contributed by atoms with Gasteiger partial charge in [-0.15, -0.1) is 0 Å². The first kappa shape index (κ1) is 63.0. The van der Waals surface area contributed by atoms with Crippen molar-refractivity contribution >= 4 is 24.6 Å². The summed E-state index contributed by atoms with van der Waals surface area (Å²) in [6.07, 6.45) is 24.4. The average molecular weight is 1010 g/mol. The van der Waals surface area contributed by atoms with E-state index in [-0.39, 0.29) is 29.6 Å². The number of nitrogens with two attached hydrogens (primary N) is 3. The zero-order valence-corrected chi connectivity index (χ0v) is 46.1. The fourth-order valence-electron chi connectivity index (χ4n) is 12.4. The molecule has 0 spiro atoms. The number of rotatable bonds is 43. The summed E-state index contributed by atoms with van der Waals surface area (Å²) in [5.41, 5.74) is 17.9. The van der Waals surface area contributed by atoms with E-state index in [0.717, 1.165) is 110 Å². The van der Waals surface area contributed by atoms with Gasteiger partial charge in [-0.1, -0.05) is 79.1 Å². The van der Waals surface area contributed by atoms with Crippen molar-refractivity contribution < 1.29 is 38.0 Å². The van der Waals surface area contributed by atoms with Gasteiger partial charge in [0.2, 0.25) is 5.91 Å². The van der Waals surface area contributed by atoms with Gasteiger partial charge in [0.15, 0.2) is 0 Å². The summed E-state index contributed by atoms with van der Waals surface area (Å²) in [4.78, 5) is 27.5. The van der Waals surface area contributed by atoms with Gasteiger partial charge >= 0.3 is 6.03 Å². The molecule has 3 aliphatic rings. The second-order valence-corrected chi connectivity index (χ2v) is 21.7. The van der Waals surface area contributed by atoms with Crippen molar-refractivity contribution in [2.45, 2.75) is 187 Å². The number of carbonyl (C=O) groups is 2. The molecule has 0 aromatic rings. The van der Waals surface area contributed by atoms with Gasteiger partial charge in [-0.05, 0) is 144 Å². The smallest absolute Gasteiger partial charge is 0.317 e. The zero-order chi connectivity index (χ0) is 50.7. The van der Waals surface area contributed by atoms with E-state index >= 15 is 0 Å². The summed E-state index contributed by atoms with van der Waals surface area (Å²) in [5.74, 6) is 3.91. The largest absolute Gasteiger partial charge is 0.378 e. The second kappa shape index (κ2) is 39.2. The van der Waals surface area contributed by atoms with Crippen LogP contribution in [0.3, 0.4) is 0 Å². The van der Waals surface area contributed by atoms with Gasteiger partial charge < -0.3 is 61.2 Å². The van der Waals surface area contributed by atoms with E-state index in [0.29, 0.717) is 133 Å². The molecule has 14 nitrogen and oxygen atoms in total. The number of nitrogens with one attached hydrogen (secondary N) is 2. The maximum atomic E-state index is 13.7. The first-order valence-electron chi connectivity index (χ1n) is 28.8. The van der Waals surface area contributed by atoms with Crippen molar-refractivity contribution in [3.63, 3.8) is 0 Å². The molecule has 412 valence electrons. The summed E-state index contributed by atoms with van der Waals surface area (Å²) in [7, 11) is 0. The highest BCUT2D eigenvalue weighted by molar-refractivity contribution is 7.80. The fourth-order valence-corrected chi connectivity index (χ4v) is 12.6. The molecule has 0 heterocycles.